The van der Waals surface area contributed by atoms with Crippen LogP contribution < -0.4 is 9.62 Å². The normalized spacial score (nSPS) is 15.2. The predicted molar refractivity (Wildman–Crippen MR) is 148 cm³/mol. The minimum atomic E-state index is -3.77. The van der Waals surface area contributed by atoms with E-state index in [1.807, 2.05) is 6.92 Å². The monoisotopic (exact) mass is 597 g/mol. The Morgan fingerprint density at radius 1 is 1.11 bits per heavy atom. The highest BCUT2D eigenvalue weighted by Crippen LogP contribution is 2.25. The Labute approximate surface area is 227 Å². The van der Waals surface area contributed by atoms with Gasteiger partial charge in [0.15, 0.2) is 0 Å². The van der Waals surface area contributed by atoms with Gasteiger partial charge in [0, 0.05) is 22.1 Å². The van der Waals surface area contributed by atoms with Crippen LogP contribution in [-0.2, 0) is 26.2 Å². The van der Waals surface area contributed by atoms with Gasteiger partial charge >= 0.3 is 0 Å². The number of amides is 2. The highest BCUT2D eigenvalue weighted by Gasteiger charge is 2.31. The Morgan fingerprint density at radius 3 is 2.33 bits per heavy atom. The van der Waals surface area contributed by atoms with E-state index >= 15 is 0 Å². The van der Waals surface area contributed by atoms with Gasteiger partial charge in [-0.25, -0.2) is 8.42 Å². The first-order chi connectivity index (χ1) is 17.0. The zero-order valence-electron chi connectivity index (χ0n) is 20.8. The maximum Gasteiger partial charge on any atom is 0.244 e. The molecule has 2 amide bonds. The molecule has 10 heteroatoms. The van der Waals surface area contributed by atoms with Crippen molar-refractivity contribution < 1.29 is 18.0 Å². The lowest BCUT2D eigenvalue weighted by Gasteiger charge is -2.33. The Kier molecular flexibility index (Phi) is 9.83. The van der Waals surface area contributed by atoms with Gasteiger partial charge in [0.05, 0.1) is 11.9 Å². The van der Waals surface area contributed by atoms with Crippen LogP contribution >= 0.6 is 27.5 Å². The van der Waals surface area contributed by atoms with E-state index in [-0.39, 0.29) is 18.5 Å². The number of nitrogens with zero attached hydrogens (tertiary/aromatic N) is 2. The Hall–Kier alpha value is -2.10. The molecular weight excluding hydrogens is 566 g/mol. The summed E-state index contributed by atoms with van der Waals surface area (Å²) in [5, 5.41) is 3.65. The van der Waals surface area contributed by atoms with Crippen molar-refractivity contribution in [3.8, 4) is 0 Å². The second-order valence-corrected chi connectivity index (χ2v) is 12.6. The first-order valence-corrected chi connectivity index (χ1v) is 15.1. The summed E-state index contributed by atoms with van der Waals surface area (Å²) in [6.45, 7) is 3.25. The molecule has 0 heterocycles. The van der Waals surface area contributed by atoms with E-state index < -0.39 is 28.5 Å². The molecule has 1 aliphatic rings. The summed E-state index contributed by atoms with van der Waals surface area (Å²) < 4.78 is 27.3. The van der Waals surface area contributed by atoms with Crippen LogP contribution in [0.5, 0.6) is 0 Å². The largest absolute Gasteiger partial charge is 0.352 e. The summed E-state index contributed by atoms with van der Waals surface area (Å²) in [6, 6.07) is 11.4. The molecule has 7 nitrogen and oxygen atoms in total. The lowest BCUT2D eigenvalue weighted by atomic mass is 9.95. The third kappa shape index (κ3) is 7.70. The number of aryl methyl sites for hydroxylation is 1. The van der Waals surface area contributed by atoms with Crippen molar-refractivity contribution >= 4 is 55.1 Å². The molecule has 0 unspecified atom stereocenters. The molecule has 1 N–H and O–H groups in total. The Balaban J connectivity index is 1.87. The molecule has 1 atom stereocenters. The van der Waals surface area contributed by atoms with Crippen molar-refractivity contribution in [1.29, 1.82) is 0 Å². The maximum atomic E-state index is 13.6. The van der Waals surface area contributed by atoms with Gasteiger partial charge in [-0.15, -0.1) is 0 Å². The van der Waals surface area contributed by atoms with E-state index in [2.05, 4.69) is 21.2 Å². The van der Waals surface area contributed by atoms with Crippen molar-refractivity contribution in [2.24, 2.45) is 0 Å². The number of hydrogen-bond acceptors (Lipinski definition) is 4. The number of halogens is 2. The summed E-state index contributed by atoms with van der Waals surface area (Å²) in [4.78, 5) is 28.2. The molecule has 36 heavy (non-hydrogen) atoms. The standard InChI is InChI=1S/C26H33BrClN3O4S/c1-18-15-23(13-14-24(18)27)31(36(3,34)35)17-25(32)30(16-20-9-11-21(28)12-10-20)19(2)26(33)29-22-7-5-4-6-8-22/h9-15,19,22H,4-8,16-17H2,1-3H3,(H,29,33)/t19-/m0/s1. The number of carbonyl (C=O) groups excluding carboxylic acids is 2. The fourth-order valence-electron chi connectivity index (χ4n) is 4.34. The van der Waals surface area contributed by atoms with Crippen molar-refractivity contribution in [2.75, 3.05) is 17.1 Å². The van der Waals surface area contributed by atoms with Crippen LogP contribution in [0.15, 0.2) is 46.9 Å². The van der Waals surface area contributed by atoms with Crippen LogP contribution in [0, 0.1) is 6.92 Å². The summed E-state index contributed by atoms with van der Waals surface area (Å²) >= 11 is 9.45. The molecule has 3 rings (SSSR count). The van der Waals surface area contributed by atoms with Gasteiger partial charge in [-0.3, -0.25) is 13.9 Å². The van der Waals surface area contributed by atoms with Crippen molar-refractivity contribution in [2.45, 2.75) is 64.6 Å². The van der Waals surface area contributed by atoms with Crippen LogP contribution in [-0.4, -0.2) is 50.0 Å². The molecule has 0 bridgehead atoms. The zero-order chi connectivity index (χ0) is 26.5. The highest BCUT2D eigenvalue weighted by molar-refractivity contribution is 9.10. The number of nitrogens with one attached hydrogen (secondary N) is 1. The summed E-state index contributed by atoms with van der Waals surface area (Å²) in [5.74, 6) is -0.711. The third-order valence-corrected chi connectivity index (χ3v) is 8.78. The summed E-state index contributed by atoms with van der Waals surface area (Å²) in [5.41, 5.74) is 2.01. The van der Waals surface area contributed by atoms with Crippen LogP contribution in [0.2, 0.25) is 5.02 Å². The van der Waals surface area contributed by atoms with Gasteiger partial charge in [0.1, 0.15) is 12.6 Å². The van der Waals surface area contributed by atoms with E-state index in [9.17, 15) is 18.0 Å². The Bertz CT molecular complexity index is 1180. The number of anilines is 1. The van der Waals surface area contributed by atoms with Gasteiger partial charge in [0.2, 0.25) is 21.8 Å². The van der Waals surface area contributed by atoms with Gasteiger partial charge in [-0.1, -0.05) is 58.9 Å². The molecule has 0 radical (unpaired) electrons. The molecule has 0 aliphatic heterocycles. The van der Waals surface area contributed by atoms with Gasteiger partial charge in [-0.05, 0) is 68.1 Å². The van der Waals surface area contributed by atoms with Crippen LogP contribution in [0.1, 0.15) is 50.2 Å². The van der Waals surface area contributed by atoms with Gasteiger partial charge in [0.25, 0.3) is 0 Å². The smallest absolute Gasteiger partial charge is 0.244 e. The van der Waals surface area contributed by atoms with Crippen LogP contribution in [0.3, 0.4) is 0 Å². The minimum Gasteiger partial charge on any atom is -0.352 e. The average Bonchev–Trinajstić information content (AvgIpc) is 2.83. The topological polar surface area (TPSA) is 86.8 Å². The second kappa shape index (κ2) is 12.4. The molecule has 1 saturated carbocycles. The molecule has 1 aliphatic carbocycles. The van der Waals surface area contributed by atoms with E-state index in [0.717, 1.165) is 51.8 Å². The van der Waals surface area contributed by atoms with E-state index in [1.54, 1.807) is 49.4 Å². The SMILES string of the molecule is Cc1cc(N(CC(=O)N(Cc2ccc(Cl)cc2)[C@@H](C)C(=O)NC2CCCCC2)S(C)(=O)=O)ccc1Br. The molecule has 0 spiro atoms. The minimum absolute atomic E-state index is 0.0967. The van der Waals surface area contributed by atoms with E-state index in [4.69, 9.17) is 11.6 Å². The molecule has 2 aromatic rings. The summed E-state index contributed by atoms with van der Waals surface area (Å²) in [6.07, 6.45) is 6.23. The highest BCUT2D eigenvalue weighted by atomic mass is 79.9. The quantitative estimate of drug-likeness (QED) is 0.438. The lowest BCUT2D eigenvalue weighted by molar-refractivity contribution is -0.139. The zero-order valence-corrected chi connectivity index (χ0v) is 24.0. The fourth-order valence-corrected chi connectivity index (χ4v) is 5.55. The molecule has 196 valence electrons. The van der Waals surface area contributed by atoms with Gasteiger partial charge in [-0.2, -0.15) is 0 Å². The number of hydrogen-bond donors (Lipinski definition) is 1. The molecular formula is C26H33BrClN3O4S. The number of sulfonamides is 1. The van der Waals surface area contributed by atoms with Crippen molar-refractivity contribution in [3.63, 3.8) is 0 Å². The van der Waals surface area contributed by atoms with E-state index in [1.165, 1.54) is 11.3 Å². The number of carbonyl (C=O) groups is 2. The molecule has 1 fully saturated rings. The average molecular weight is 599 g/mol. The molecule has 2 aromatic carbocycles. The summed E-state index contributed by atoms with van der Waals surface area (Å²) in [7, 11) is -3.77. The molecule has 0 saturated heterocycles. The van der Waals surface area contributed by atoms with Crippen LogP contribution in [0.25, 0.3) is 0 Å². The van der Waals surface area contributed by atoms with Crippen molar-refractivity contribution in [1.82, 2.24) is 10.2 Å². The number of benzene rings is 2. The maximum absolute atomic E-state index is 13.6. The first-order valence-electron chi connectivity index (χ1n) is 12.0. The third-order valence-electron chi connectivity index (χ3n) is 6.49. The second-order valence-electron chi connectivity index (χ2n) is 9.37. The van der Waals surface area contributed by atoms with E-state index in [0.29, 0.717) is 10.7 Å². The fraction of sp³-hybridized carbons (Fsp3) is 0.462. The Morgan fingerprint density at radius 2 is 1.75 bits per heavy atom. The van der Waals surface area contributed by atoms with Crippen molar-refractivity contribution in [3.05, 3.63) is 63.1 Å². The first kappa shape index (κ1) is 28.5. The predicted octanol–water partition coefficient (Wildman–Crippen LogP) is 5.04. The van der Waals surface area contributed by atoms with Gasteiger partial charge < -0.3 is 10.2 Å². The molecule has 0 aromatic heterocycles. The lowest BCUT2D eigenvalue weighted by Crippen LogP contribution is -2.52. The van der Waals surface area contributed by atoms with Crippen LogP contribution in [0.4, 0.5) is 5.69 Å². The number of rotatable bonds is 9.